The largest absolute Gasteiger partial charge is 0.394 e. The molecular weight excluding hydrogens is 183 g/mol. The summed E-state index contributed by atoms with van der Waals surface area (Å²) in [5.41, 5.74) is 4.98. The van der Waals surface area contributed by atoms with Crippen molar-refractivity contribution in [2.75, 3.05) is 6.61 Å². The van der Waals surface area contributed by atoms with Gasteiger partial charge in [0.25, 0.3) is 0 Å². The van der Waals surface area contributed by atoms with E-state index in [0.717, 1.165) is 0 Å². The van der Waals surface area contributed by atoms with Crippen molar-refractivity contribution in [1.29, 1.82) is 5.26 Å². The summed E-state index contributed by atoms with van der Waals surface area (Å²) in [6.45, 7) is 1.13. The molecule has 1 atom stereocenters. The highest BCUT2D eigenvalue weighted by Crippen LogP contribution is 2.21. The molecule has 1 aromatic carbocycles. The summed E-state index contributed by atoms with van der Waals surface area (Å²) in [5, 5.41) is 17.6. The molecule has 1 rings (SSSR count). The van der Waals surface area contributed by atoms with Crippen molar-refractivity contribution in [2.24, 2.45) is 5.73 Å². The van der Waals surface area contributed by atoms with Gasteiger partial charge in [-0.15, -0.1) is 0 Å². The highest BCUT2D eigenvalue weighted by atomic mass is 19.1. The first kappa shape index (κ1) is 10.6. The molecule has 0 saturated heterocycles. The van der Waals surface area contributed by atoms with Crippen molar-refractivity contribution < 1.29 is 9.50 Å². The molecule has 0 fully saturated rings. The maximum atomic E-state index is 13.3. The van der Waals surface area contributed by atoms with Gasteiger partial charge < -0.3 is 10.8 Å². The Balaban J connectivity index is 3.27. The molecule has 0 aliphatic rings. The van der Waals surface area contributed by atoms with Gasteiger partial charge in [0, 0.05) is 5.56 Å². The van der Waals surface area contributed by atoms with Gasteiger partial charge in [-0.1, -0.05) is 0 Å². The van der Waals surface area contributed by atoms with Gasteiger partial charge in [-0.2, -0.15) is 5.26 Å². The van der Waals surface area contributed by atoms with Crippen LogP contribution in [0, 0.1) is 17.1 Å². The summed E-state index contributed by atoms with van der Waals surface area (Å²) in [6.07, 6.45) is 0. The number of hydrogen-bond acceptors (Lipinski definition) is 3. The third-order valence-electron chi connectivity index (χ3n) is 2.04. The van der Waals surface area contributed by atoms with Crippen LogP contribution in [0.3, 0.4) is 0 Å². The standard InChI is InChI=1S/C10H11FN2O/c1-10(13,6-14)8-4-7(5-12)2-3-9(8)11/h2-4,14H,6,13H2,1H3/t10-/m1/s1. The molecule has 0 amide bonds. The van der Waals surface area contributed by atoms with E-state index in [2.05, 4.69) is 0 Å². The van der Waals surface area contributed by atoms with Crippen LogP contribution in [0.2, 0.25) is 0 Å². The molecule has 4 heteroatoms. The number of nitrogens with zero attached hydrogens (tertiary/aromatic N) is 1. The molecule has 0 aliphatic carbocycles. The van der Waals surface area contributed by atoms with E-state index >= 15 is 0 Å². The number of aliphatic hydroxyl groups is 1. The minimum absolute atomic E-state index is 0.152. The predicted molar refractivity (Wildman–Crippen MR) is 49.7 cm³/mol. The smallest absolute Gasteiger partial charge is 0.128 e. The number of halogens is 1. The Morgan fingerprint density at radius 1 is 1.64 bits per heavy atom. The fraction of sp³-hybridized carbons (Fsp3) is 0.300. The summed E-state index contributed by atoms with van der Waals surface area (Å²) in [4.78, 5) is 0. The van der Waals surface area contributed by atoms with Crippen molar-refractivity contribution in [3.8, 4) is 6.07 Å². The van der Waals surface area contributed by atoms with Crippen LogP contribution in [0.1, 0.15) is 18.1 Å². The third kappa shape index (κ3) is 1.90. The highest BCUT2D eigenvalue weighted by Gasteiger charge is 2.24. The highest BCUT2D eigenvalue weighted by molar-refractivity contribution is 5.37. The number of nitrogens with two attached hydrogens (primary N) is 1. The number of rotatable bonds is 2. The molecule has 0 spiro atoms. The maximum absolute atomic E-state index is 13.3. The van der Waals surface area contributed by atoms with E-state index in [1.165, 1.54) is 25.1 Å². The lowest BCUT2D eigenvalue weighted by atomic mass is 9.92. The molecule has 3 nitrogen and oxygen atoms in total. The first-order valence-corrected chi connectivity index (χ1v) is 4.11. The van der Waals surface area contributed by atoms with E-state index in [0.29, 0.717) is 5.56 Å². The second-order valence-corrected chi connectivity index (χ2v) is 3.38. The van der Waals surface area contributed by atoms with E-state index in [-0.39, 0.29) is 12.2 Å². The van der Waals surface area contributed by atoms with Gasteiger partial charge in [-0.05, 0) is 25.1 Å². The second kappa shape index (κ2) is 3.74. The Bertz CT molecular complexity index is 382. The topological polar surface area (TPSA) is 70.0 Å². The Morgan fingerprint density at radius 3 is 2.79 bits per heavy atom. The lowest BCUT2D eigenvalue weighted by Gasteiger charge is -2.22. The van der Waals surface area contributed by atoms with Gasteiger partial charge in [0.05, 0.1) is 23.8 Å². The fourth-order valence-electron chi connectivity index (χ4n) is 1.12. The van der Waals surface area contributed by atoms with Crippen molar-refractivity contribution in [3.05, 3.63) is 35.1 Å². The Labute approximate surface area is 81.6 Å². The Morgan fingerprint density at radius 2 is 2.29 bits per heavy atom. The Hall–Kier alpha value is -1.44. The van der Waals surface area contributed by atoms with Gasteiger partial charge in [-0.25, -0.2) is 4.39 Å². The summed E-state index contributed by atoms with van der Waals surface area (Å²) < 4.78 is 13.3. The average Bonchev–Trinajstić information content (AvgIpc) is 2.18. The van der Waals surface area contributed by atoms with Crippen LogP contribution in [0.5, 0.6) is 0 Å². The molecule has 0 aliphatic heterocycles. The summed E-state index contributed by atoms with van der Waals surface area (Å²) in [5.74, 6) is -0.511. The molecule has 3 N–H and O–H groups in total. The normalized spacial score (nSPS) is 14.5. The lowest BCUT2D eigenvalue weighted by molar-refractivity contribution is 0.206. The molecular formula is C10H11FN2O. The molecule has 0 radical (unpaired) electrons. The minimum Gasteiger partial charge on any atom is -0.394 e. The third-order valence-corrected chi connectivity index (χ3v) is 2.04. The van der Waals surface area contributed by atoms with Crippen molar-refractivity contribution in [2.45, 2.75) is 12.5 Å². The number of benzene rings is 1. The summed E-state index contributed by atoms with van der Waals surface area (Å²) in [6, 6.07) is 5.78. The van der Waals surface area contributed by atoms with E-state index < -0.39 is 11.4 Å². The van der Waals surface area contributed by atoms with Crippen molar-refractivity contribution in [3.63, 3.8) is 0 Å². The van der Waals surface area contributed by atoms with Crippen molar-refractivity contribution in [1.82, 2.24) is 0 Å². The minimum atomic E-state index is -1.16. The van der Waals surface area contributed by atoms with Gasteiger partial charge in [0.1, 0.15) is 5.82 Å². The molecule has 74 valence electrons. The van der Waals surface area contributed by atoms with Crippen LogP contribution in [0.15, 0.2) is 18.2 Å². The molecule has 14 heavy (non-hydrogen) atoms. The number of aliphatic hydroxyl groups excluding tert-OH is 1. The zero-order valence-electron chi connectivity index (χ0n) is 7.79. The van der Waals surface area contributed by atoms with Gasteiger partial charge in [0.15, 0.2) is 0 Å². The summed E-state index contributed by atoms with van der Waals surface area (Å²) >= 11 is 0. The van der Waals surface area contributed by atoms with Crippen LogP contribution in [0.25, 0.3) is 0 Å². The number of nitriles is 1. The van der Waals surface area contributed by atoms with Gasteiger partial charge in [0.2, 0.25) is 0 Å². The molecule has 0 bridgehead atoms. The van der Waals surface area contributed by atoms with Crippen LogP contribution in [0.4, 0.5) is 4.39 Å². The molecule has 0 heterocycles. The SMILES string of the molecule is C[C@@](N)(CO)c1cc(C#N)ccc1F. The summed E-state index contributed by atoms with van der Waals surface area (Å²) in [7, 11) is 0. The van der Waals surface area contributed by atoms with Gasteiger partial charge >= 0.3 is 0 Å². The molecule has 0 unspecified atom stereocenters. The predicted octanol–water partition coefficient (Wildman–Crippen LogP) is 0.864. The molecule has 0 saturated carbocycles. The van der Waals surface area contributed by atoms with E-state index in [9.17, 15) is 4.39 Å². The monoisotopic (exact) mass is 194 g/mol. The maximum Gasteiger partial charge on any atom is 0.128 e. The van der Waals surface area contributed by atoms with E-state index in [4.69, 9.17) is 16.1 Å². The first-order chi connectivity index (χ1) is 6.51. The molecule has 0 aromatic heterocycles. The second-order valence-electron chi connectivity index (χ2n) is 3.38. The first-order valence-electron chi connectivity index (χ1n) is 4.11. The average molecular weight is 194 g/mol. The van der Waals surface area contributed by atoms with Crippen molar-refractivity contribution >= 4 is 0 Å². The number of hydrogen-bond donors (Lipinski definition) is 2. The van der Waals surface area contributed by atoms with E-state index in [1.807, 2.05) is 6.07 Å². The lowest BCUT2D eigenvalue weighted by Crippen LogP contribution is -2.37. The molecule has 1 aromatic rings. The zero-order chi connectivity index (χ0) is 10.8. The fourth-order valence-corrected chi connectivity index (χ4v) is 1.12. The van der Waals surface area contributed by atoms with Crippen LogP contribution >= 0.6 is 0 Å². The quantitative estimate of drug-likeness (QED) is 0.733. The zero-order valence-corrected chi connectivity index (χ0v) is 7.79. The van der Waals surface area contributed by atoms with Crippen LogP contribution in [-0.4, -0.2) is 11.7 Å². The van der Waals surface area contributed by atoms with Gasteiger partial charge in [-0.3, -0.25) is 0 Å². The van der Waals surface area contributed by atoms with Crippen LogP contribution in [-0.2, 0) is 5.54 Å². The van der Waals surface area contributed by atoms with E-state index in [1.54, 1.807) is 0 Å². The Kier molecular flexibility index (Phi) is 2.84. The van der Waals surface area contributed by atoms with Crippen LogP contribution < -0.4 is 5.73 Å².